The van der Waals surface area contributed by atoms with Crippen molar-refractivity contribution in [1.29, 1.82) is 0 Å². The van der Waals surface area contributed by atoms with Gasteiger partial charge < -0.3 is 44.8 Å². The van der Waals surface area contributed by atoms with Crippen LogP contribution in [0.15, 0.2) is 48.7 Å². The lowest BCUT2D eigenvalue weighted by atomic mass is 9.87. The van der Waals surface area contributed by atoms with Crippen molar-refractivity contribution in [3.8, 4) is 5.75 Å². The molecule has 2 fully saturated rings. The molecule has 2 aliphatic rings. The zero-order valence-corrected chi connectivity index (χ0v) is 30.8. The van der Waals surface area contributed by atoms with Crippen LogP contribution in [0.5, 0.6) is 5.75 Å². The van der Waals surface area contributed by atoms with Crippen LogP contribution in [0.4, 0.5) is 0 Å². The summed E-state index contributed by atoms with van der Waals surface area (Å²) in [7, 11) is 5.73. The molecule has 1 saturated carbocycles. The first-order valence-corrected chi connectivity index (χ1v) is 18.5. The predicted molar refractivity (Wildman–Crippen MR) is 195 cm³/mol. The number of aliphatic carboxylic acids is 1. The fraction of sp³-hybridized carbons (Fsp3) is 0.553. The van der Waals surface area contributed by atoms with Crippen molar-refractivity contribution < 1.29 is 48.6 Å². The Hall–Kier alpha value is -4.35. The summed E-state index contributed by atoms with van der Waals surface area (Å²) in [5.41, 5.74) is 3.15. The van der Waals surface area contributed by atoms with Crippen LogP contribution in [-0.2, 0) is 41.6 Å². The maximum Gasteiger partial charge on any atom is 0.364 e. The molecular weight excluding hydrogens is 697 g/mol. The van der Waals surface area contributed by atoms with Crippen molar-refractivity contribution >= 4 is 25.8 Å². The summed E-state index contributed by atoms with van der Waals surface area (Å²) in [6.45, 7) is 3.53. The average Bonchev–Trinajstić information content (AvgIpc) is 3.63. The quantitative estimate of drug-likeness (QED) is 0.0942. The van der Waals surface area contributed by atoms with E-state index in [4.69, 9.17) is 26.9 Å². The second kappa shape index (κ2) is 19.3. The van der Waals surface area contributed by atoms with Crippen molar-refractivity contribution in [2.24, 2.45) is 0 Å². The van der Waals surface area contributed by atoms with E-state index in [0.717, 1.165) is 36.9 Å². The molecule has 15 nitrogen and oxygen atoms in total. The van der Waals surface area contributed by atoms with E-state index in [0.29, 0.717) is 30.1 Å². The Kier molecular flexibility index (Phi) is 14.6. The minimum absolute atomic E-state index is 0.0537. The standard InChI is InChI=1S/C38H50BN5O10/c1-24-16-28(17-25(2)35(24)47)36(48)40-20-29(45)18-31-34(41-33(46)22-44-21-30(42-43-44)27-12-7-4-8-13-27)32(54-39)19-38(53-31,37(49)50)52-15-9-14-51-23-26-10-5-3-6-11-26/h3,5-6,10-11,16-17,21,27,29,31-32,34,45,47H,4,7-9,12-15,18-20,22-23H2,1-2H3,(H,40,48)(H,41,46)(H,49,50)/t29-,31?,32+,34?,38+/m0/s1. The normalized spacial score (nSPS) is 22.4. The fourth-order valence-corrected chi connectivity index (χ4v) is 7.07. The number of hydrogen-bond acceptors (Lipinski definition) is 11. The Labute approximate surface area is 316 Å². The number of carboxylic acids is 1. The number of rotatable bonds is 18. The van der Waals surface area contributed by atoms with Crippen LogP contribution in [0.25, 0.3) is 0 Å². The number of nitrogens with one attached hydrogen (secondary N) is 2. The number of aliphatic hydroxyl groups is 1. The first kappa shape index (κ1) is 40.8. The van der Waals surface area contributed by atoms with Crippen LogP contribution >= 0.6 is 0 Å². The Morgan fingerprint density at radius 2 is 1.81 bits per heavy atom. The smallest absolute Gasteiger partial charge is 0.364 e. The lowest BCUT2D eigenvalue weighted by Gasteiger charge is -2.46. The van der Waals surface area contributed by atoms with Gasteiger partial charge in [-0.3, -0.25) is 9.59 Å². The molecule has 0 bridgehead atoms. The van der Waals surface area contributed by atoms with Crippen LogP contribution in [0.3, 0.4) is 0 Å². The molecule has 16 heteroatoms. The number of aryl methyl sites for hydroxylation is 2. The molecule has 5 atom stereocenters. The number of ether oxygens (including phenoxy) is 3. The van der Waals surface area contributed by atoms with Gasteiger partial charge in [-0.05, 0) is 61.9 Å². The number of carbonyl (C=O) groups excluding carboxylic acids is 2. The van der Waals surface area contributed by atoms with E-state index < -0.39 is 47.9 Å². The topological polar surface area (TPSA) is 204 Å². The molecule has 1 aromatic heterocycles. The van der Waals surface area contributed by atoms with Crippen molar-refractivity contribution in [3.63, 3.8) is 0 Å². The van der Waals surface area contributed by atoms with Gasteiger partial charge in [0, 0.05) is 43.7 Å². The molecule has 290 valence electrons. The second-order valence-corrected chi connectivity index (χ2v) is 14.2. The van der Waals surface area contributed by atoms with E-state index in [1.54, 1.807) is 20.0 Å². The lowest BCUT2D eigenvalue weighted by molar-refractivity contribution is -0.296. The van der Waals surface area contributed by atoms with E-state index in [1.807, 2.05) is 30.3 Å². The second-order valence-electron chi connectivity index (χ2n) is 14.2. The number of benzene rings is 2. The van der Waals surface area contributed by atoms with Gasteiger partial charge in [0.05, 0.1) is 43.3 Å². The molecule has 5 rings (SSSR count). The highest BCUT2D eigenvalue weighted by atomic mass is 16.7. The third-order valence-corrected chi connectivity index (χ3v) is 9.96. The number of carbonyl (C=O) groups is 3. The molecule has 2 radical (unpaired) electrons. The number of phenols is 1. The summed E-state index contributed by atoms with van der Waals surface area (Å²) in [5.74, 6) is -4.27. The molecule has 2 amide bonds. The number of aromatic hydroxyl groups is 1. The summed E-state index contributed by atoms with van der Waals surface area (Å²) in [5, 5.41) is 45.6. The van der Waals surface area contributed by atoms with E-state index in [-0.39, 0.29) is 50.5 Å². The number of amides is 2. The zero-order valence-electron chi connectivity index (χ0n) is 30.8. The van der Waals surface area contributed by atoms with Gasteiger partial charge in [0.15, 0.2) is 0 Å². The Morgan fingerprint density at radius 3 is 2.50 bits per heavy atom. The largest absolute Gasteiger partial charge is 0.507 e. The number of phenolic OH excluding ortho intramolecular Hbond substituents is 1. The van der Waals surface area contributed by atoms with Crippen LogP contribution in [0.2, 0.25) is 0 Å². The minimum atomic E-state index is -2.24. The van der Waals surface area contributed by atoms with Gasteiger partial charge in [0.1, 0.15) is 12.3 Å². The molecule has 1 aliphatic carbocycles. The molecule has 1 saturated heterocycles. The summed E-state index contributed by atoms with van der Waals surface area (Å²) in [6, 6.07) is 11.6. The van der Waals surface area contributed by atoms with Crippen molar-refractivity contribution in [3.05, 3.63) is 76.6 Å². The predicted octanol–water partition coefficient (Wildman–Crippen LogP) is 2.98. The number of carboxylic acid groups (broad SMARTS) is 1. The van der Waals surface area contributed by atoms with Crippen LogP contribution in [0, 0.1) is 13.8 Å². The van der Waals surface area contributed by atoms with Gasteiger partial charge in [-0.15, -0.1) is 5.10 Å². The lowest BCUT2D eigenvalue weighted by Crippen LogP contribution is -2.65. The number of aliphatic hydroxyl groups excluding tert-OH is 1. The maximum atomic E-state index is 13.4. The van der Waals surface area contributed by atoms with Crippen molar-refractivity contribution in [1.82, 2.24) is 25.6 Å². The summed E-state index contributed by atoms with van der Waals surface area (Å²) < 4.78 is 24.5. The van der Waals surface area contributed by atoms with E-state index in [2.05, 4.69) is 20.9 Å². The number of aromatic nitrogens is 3. The Bertz CT molecular complexity index is 1680. The van der Waals surface area contributed by atoms with E-state index in [9.17, 15) is 29.7 Å². The third kappa shape index (κ3) is 10.9. The molecule has 0 spiro atoms. The summed E-state index contributed by atoms with van der Waals surface area (Å²) in [6.07, 6.45) is 3.38. The highest BCUT2D eigenvalue weighted by Crippen LogP contribution is 2.35. The highest BCUT2D eigenvalue weighted by molar-refractivity contribution is 5.98. The van der Waals surface area contributed by atoms with Crippen LogP contribution in [-0.4, -0.2) is 106 Å². The van der Waals surface area contributed by atoms with Crippen LogP contribution in [0.1, 0.15) is 90.0 Å². The molecule has 5 N–H and O–H groups in total. The van der Waals surface area contributed by atoms with Gasteiger partial charge in [0.2, 0.25) is 5.91 Å². The molecule has 1 aliphatic heterocycles. The fourth-order valence-electron chi connectivity index (χ4n) is 7.07. The minimum Gasteiger partial charge on any atom is -0.507 e. The molecule has 2 aromatic carbocycles. The van der Waals surface area contributed by atoms with Gasteiger partial charge in [-0.1, -0.05) is 54.8 Å². The van der Waals surface area contributed by atoms with Crippen molar-refractivity contribution in [2.45, 2.75) is 114 Å². The van der Waals surface area contributed by atoms with Crippen molar-refractivity contribution in [2.75, 3.05) is 19.8 Å². The molecule has 2 unspecified atom stereocenters. The number of nitrogens with zero attached hydrogens (tertiary/aromatic N) is 3. The van der Waals surface area contributed by atoms with Gasteiger partial charge in [0.25, 0.3) is 19.7 Å². The van der Waals surface area contributed by atoms with Gasteiger partial charge in [-0.2, -0.15) is 0 Å². The molecule has 3 aromatic rings. The maximum absolute atomic E-state index is 13.4. The van der Waals surface area contributed by atoms with E-state index >= 15 is 0 Å². The monoisotopic (exact) mass is 747 g/mol. The first-order chi connectivity index (χ1) is 26.0. The summed E-state index contributed by atoms with van der Waals surface area (Å²) >= 11 is 0. The van der Waals surface area contributed by atoms with E-state index in [1.165, 1.54) is 23.2 Å². The SMILES string of the molecule is [B]O[C@@H]1C[C@](OCCCOCc2ccccc2)(C(=O)O)OC(C[C@H](O)CNC(=O)c2cc(C)c(O)c(C)c2)C1NC(=O)Cn1cc(C2CCCCC2)nn1. The Morgan fingerprint density at radius 1 is 1.09 bits per heavy atom. The zero-order chi connectivity index (χ0) is 38.7. The van der Waals surface area contributed by atoms with Gasteiger partial charge in [-0.25, -0.2) is 9.48 Å². The molecular formula is C38H50BN5O10. The average molecular weight is 748 g/mol. The Balaban J connectivity index is 1.26. The first-order valence-electron chi connectivity index (χ1n) is 18.5. The van der Waals surface area contributed by atoms with Gasteiger partial charge >= 0.3 is 5.97 Å². The van der Waals surface area contributed by atoms with Crippen LogP contribution < -0.4 is 10.6 Å². The molecule has 54 heavy (non-hydrogen) atoms. The summed E-state index contributed by atoms with van der Waals surface area (Å²) in [4.78, 5) is 39.2. The number of hydrogen-bond donors (Lipinski definition) is 5. The highest BCUT2D eigenvalue weighted by Gasteiger charge is 2.54. The third-order valence-electron chi connectivity index (χ3n) is 9.96. The molecule has 2 heterocycles.